The maximum absolute atomic E-state index is 12.3. The minimum Gasteiger partial charge on any atom is -0.486 e. The average molecular weight is 375 g/mol. The number of ether oxygens (including phenoxy) is 2. The molecule has 6 nitrogen and oxygen atoms in total. The molecule has 6 heteroatoms. The van der Waals surface area contributed by atoms with Crippen LogP contribution in [0.4, 0.5) is 5.69 Å². The second kappa shape index (κ2) is 7.03. The molecule has 0 radical (unpaired) electrons. The Labute approximate surface area is 162 Å². The number of anilines is 1. The van der Waals surface area contributed by atoms with E-state index in [1.807, 2.05) is 36.4 Å². The summed E-state index contributed by atoms with van der Waals surface area (Å²) in [5.74, 6) is 2.87. The van der Waals surface area contributed by atoms with Gasteiger partial charge in [-0.1, -0.05) is 12.5 Å². The summed E-state index contributed by atoms with van der Waals surface area (Å²) in [5.41, 5.74) is 3.52. The third kappa shape index (κ3) is 3.33. The number of carbonyl (C=O) groups excluding carboxylic acids is 1. The Balaban J connectivity index is 1.27. The van der Waals surface area contributed by atoms with Gasteiger partial charge in [-0.25, -0.2) is 4.98 Å². The predicted molar refractivity (Wildman–Crippen MR) is 108 cm³/mol. The van der Waals surface area contributed by atoms with Gasteiger partial charge in [0.15, 0.2) is 11.5 Å². The van der Waals surface area contributed by atoms with Gasteiger partial charge in [0, 0.05) is 17.7 Å². The number of H-pyrrole nitrogens is 1. The summed E-state index contributed by atoms with van der Waals surface area (Å²) in [6.07, 6.45) is 6.96. The Morgan fingerprint density at radius 3 is 2.79 bits per heavy atom. The molecule has 5 rings (SSSR count). The topological polar surface area (TPSA) is 76.2 Å². The summed E-state index contributed by atoms with van der Waals surface area (Å²) in [4.78, 5) is 20.4. The number of nitrogens with one attached hydrogen (secondary N) is 2. The van der Waals surface area contributed by atoms with Crippen LogP contribution in [-0.4, -0.2) is 29.1 Å². The Morgan fingerprint density at radius 2 is 1.96 bits per heavy atom. The van der Waals surface area contributed by atoms with Gasteiger partial charge in [-0.2, -0.15) is 0 Å². The van der Waals surface area contributed by atoms with Crippen molar-refractivity contribution in [2.24, 2.45) is 0 Å². The molecule has 2 aliphatic rings. The zero-order valence-electron chi connectivity index (χ0n) is 15.4. The van der Waals surface area contributed by atoms with Gasteiger partial charge in [0.1, 0.15) is 19.0 Å². The van der Waals surface area contributed by atoms with Crippen LogP contribution < -0.4 is 14.8 Å². The molecule has 0 saturated heterocycles. The third-order valence-electron chi connectivity index (χ3n) is 5.25. The van der Waals surface area contributed by atoms with Crippen LogP contribution in [0.1, 0.15) is 36.6 Å². The van der Waals surface area contributed by atoms with E-state index in [1.165, 1.54) is 25.3 Å². The van der Waals surface area contributed by atoms with Crippen LogP contribution in [0.25, 0.3) is 17.1 Å². The first kappa shape index (κ1) is 16.9. The second-order valence-electron chi connectivity index (χ2n) is 7.21. The first-order valence-electron chi connectivity index (χ1n) is 9.63. The van der Waals surface area contributed by atoms with E-state index in [2.05, 4.69) is 15.3 Å². The van der Waals surface area contributed by atoms with Crippen LogP contribution in [0, 0.1) is 0 Å². The van der Waals surface area contributed by atoms with Gasteiger partial charge < -0.3 is 19.8 Å². The fraction of sp³-hybridized carbons (Fsp3) is 0.273. The number of amides is 1. The van der Waals surface area contributed by atoms with E-state index in [-0.39, 0.29) is 5.91 Å². The quantitative estimate of drug-likeness (QED) is 0.668. The molecule has 3 aromatic rings. The molecular weight excluding hydrogens is 354 g/mol. The van der Waals surface area contributed by atoms with Crippen molar-refractivity contribution in [2.45, 2.75) is 25.2 Å². The van der Waals surface area contributed by atoms with Gasteiger partial charge in [0.2, 0.25) is 5.91 Å². The van der Waals surface area contributed by atoms with E-state index in [0.29, 0.717) is 24.9 Å². The van der Waals surface area contributed by atoms with E-state index in [9.17, 15) is 4.79 Å². The van der Waals surface area contributed by atoms with Crippen LogP contribution >= 0.6 is 0 Å². The number of hydrogen-bond acceptors (Lipinski definition) is 4. The molecule has 2 heterocycles. The first-order valence-corrected chi connectivity index (χ1v) is 9.63. The number of imidazole rings is 1. The summed E-state index contributed by atoms with van der Waals surface area (Å²) in [6, 6.07) is 11.4. The summed E-state index contributed by atoms with van der Waals surface area (Å²) in [7, 11) is 0. The number of fused-ring (bicyclic) bond motifs is 2. The Morgan fingerprint density at radius 1 is 1.11 bits per heavy atom. The summed E-state index contributed by atoms with van der Waals surface area (Å²) in [6.45, 7) is 1.10. The van der Waals surface area contributed by atoms with Gasteiger partial charge in [-0.15, -0.1) is 0 Å². The molecule has 0 atom stereocenters. The second-order valence-corrected chi connectivity index (χ2v) is 7.21. The minimum atomic E-state index is -0.187. The first-order chi connectivity index (χ1) is 13.7. The van der Waals surface area contributed by atoms with Crippen molar-refractivity contribution in [3.05, 3.63) is 53.9 Å². The van der Waals surface area contributed by atoms with E-state index >= 15 is 0 Å². The smallest absolute Gasteiger partial charge is 0.248 e. The maximum atomic E-state index is 12.3. The molecule has 1 aromatic heterocycles. The molecule has 28 heavy (non-hydrogen) atoms. The molecule has 142 valence electrons. The number of nitrogens with zero attached hydrogens (tertiary/aromatic N) is 1. The normalized spacial score (nSPS) is 16.3. The van der Waals surface area contributed by atoms with Gasteiger partial charge >= 0.3 is 0 Å². The number of benzene rings is 2. The van der Waals surface area contributed by atoms with E-state index in [1.54, 1.807) is 6.08 Å². The van der Waals surface area contributed by atoms with E-state index in [4.69, 9.17) is 9.47 Å². The summed E-state index contributed by atoms with van der Waals surface area (Å²) >= 11 is 0. The van der Waals surface area contributed by atoms with Crippen molar-refractivity contribution in [3.8, 4) is 11.5 Å². The van der Waals surface area contributed by atoms with Crippen molar-refractivity contribution < 1.29 is 14.3 Å². The molecule has 1 aliphatic carbocycles. The van der Waals surface area contributed by atoms with Crippen LogP contribution in [0.15, 0.2) is 42.5 Å². The van der Waals surface area contributed by atoms with Crippen LogP contribution in [0.5, 0.6) is 11.5 Å². The molecule has 0 bridgehead atoms. The Bertz CT molecular complexity index is 1070. The molecule has 0 unspecified atom stereocenters. The monoisotopic (exact) mass is 375 g/mol. The number of hydrogen-bond donors (Lipinski definition) is 2. The lowest BCUT2D eigenvalue weighted by Crippen LogP contribution is -2.15. The maximum Gasteiger partial charge on any atom is 0.248 e. The zero-order chi connectivity index (χ0) is 18.9. The lowest BCUT2D eigenvalue weighted by Gasteiger charge is -2.22. The van der Waals surface area contributed by atoms with Crippen molar-refractivity contribution >= 4 is 28.7 Å². The van der Waals surface area contributed by atoms with Gasteiger partial charge in [0.25, 0.3) is 0 Å². The Hall–Kier alpha value is -3.28. The highest BCUT2D eigenvalue weighted by molar-refractivity contribution is 6.02. The molecule has 2 N–H and O–H groups in total. The lowest BCUT2D eigenvalue weighted by molar-refractivity contribution is -0.111. The fourth-order valence-electron chi connectivity index (χ4n) is 3.50. The van der Waals surface area contributed by atoms with Gasteiger partial charge in [-0.05, 0) is 54.8 Å². The van der Waals surface area contributed by atoms with Crippen molar-refractivity contribution in [1.82, 2.24) is 9.97 Å². The molecule has 1 aliphatic heterocycles. The summed E-state index contributed by atoms with van der Waals surface area (Å²) in [5, 5.41) is 2.90. The van der Waals surface area contributed by atoms with Gasteiger partial charge in [-0.3, -0.25) is 4.79 Å². The zero-order valence-corrected chi connectivity index (χ0v) is 15.4. The van der Waals surface area contributed by atoms with Crippen molar-refractivity contribution in [2.75, 3.05) is 18.5 Å². The van der Waals surface area contributed by atoms with E-state index in [0.717, 1.165) is 33.9 Å². The number of rotatable bonds is 4. The van der Waals surface area contributed by atoms with Crippen LogP contribution in [0.3, 0.4) is 0 Å². The molecule has 0 spiro atoms. The fourth-order valence-corrected chi connectivity index (χ4v) is 3.50. The third-order valence-corrected chi connectivity index (χ3v) is 5.25. The van der Waals surface area contributed by atoms with Crippen molar-refractivity contribution in [3.63, 3.8) is 0 Å². The highest BCUT2D eigenvalue weighted by Crippen LogP contribution is 2.35. The van der Waals surface area contributed by atoms with Gasteiger partial charge in [0.05, 0.1) is 11.0 Å². The SMILES string of the molecule is O=C(/C=C/c1ccc2c(c1)OCCO2)Nc1ccc2nc(C3CCC3)[nH]c2c1. The van der Waals surface area contributed by atoms with Crippen LogP contribution in [-0.2, 0) is 4.79 Å². The predicted octanol–water partition coefficient (Wildman–Crippen LogP) is 4.25. The van der Waals surface area contributed by atoms with Crippen molar-refractivity contribution in [1.29, 1.82) is 0 Å². The number of aromatic nitrogens is 2. The molecule has 1 fully saturated rings. The summed E-state index contributed by atoms with van der Waals surface area (Å²) < 4.78 is 11.1. The molecular formula is C22H21N3O3. The molecule has 1 saturated carbocycles. The number of aromatic amines is 1. The lowest BCUT2D eigenvalue weighted by atomic mass is 9.85. The van der Waals surface area contributed by atoms with Crippen LogP contribution in [0.2, 0.25) is 0 Å². The molecule has 1 amide bonds. The minimum absolute atomic E-state index is 0.187. The Kier molecular flexibility index (Phi) is 4.24. The highest BCUT2D eigenvalue weighted by Gasteiger charge is 2.22. The van der Waals surface area contributed by atoms with E-state index < -0.39 is 0 Å². The average Bonchev–Trinajstić information content (AvgIpc) is 3.07. The number of carbonyl (C=O) groups is 1. The molecule has 2 aromatic carbocycles. The largest absolute Gasteiger partial charge is 0.486 e. The highest BCUT2D eigenvalue weighted by atomic mass is 16.6. The standard InChI is InChI=1S/C22H21N3O3/c26-21(9-5-14-4-8-19-20(12-14)28-11-10-27-19)23-16-6-7-17-18(13-16)25-22(24-17)15-2-1-3-15/h4-9,12-13,15H,1-3,10-11H2,(H,23,26)(H,24,25)/b9-5+.